The first-order valence-corrected chi connectivity index (χ1v) is 8.74. The number of amides is 3. The van der Waals surface area contributed by atoms with Gasteiger partial charge in [-0.2, -0.15) is 0 Å². The molecule has 0 radical (unpaired) electrons. The second-order valence-electron chi connectivity index (χ2n) is 7.46. The van der Waals surface area contributed by atoms with Crippen molar-refractivity contribution in [1.29, 1.82) is 0 Å². The number of carboxylic acids is 1. The van der Waals surface area contributed by atoms with E-state index >= 15 is 0 Å². The highest BCUT2D eigenvalue weighted by molar-refractivity contribution is 6.10. The van der Waals surface area contributed by atoms with Crippen molar-refractivity contribution in [3.8, 4) is 0 Å². The van der Waals surface area contributed by atoms with Gasteiger partial charge >= 0.3 is 6.03 Å². The van der Waals surface area contributed by atoms with Gasteiger partial charge in [0, 0.05) is 17.4 Å². The van der Waals surface area contributed by atoms with Crippen molar-refractivity contribution < 1.29 is 19.5 Å². The lowest BCUT2D eigenvalue weighted by atomic mass is 9.86. The molecule has 4 rings (SSSR count). The van der Waals surface area contributed by atoms with Crippen LogP contribution in [0, 0.1) is 5.92 Å². The number of hydrogen-bond acceptors (Lipinski definition) is 4. The molecule has 1 fully saturated rings. The maximum Gasteiger partial charge on any atom is 0.328 e. The van der Waals surface area contributed by atoms with Gasteiger partial charge in [-0.25, -0.2) is 4.79 Å². The molecule has 2 aromatic rings. The summed E-state index contributed by atoms with van der Waals surface area (Å²) in [4.78, 5) is 43.5. The minimum atomic E-state index is -1.41. The molecule has 2 atom stereocenters. The number of carbonyl (C=O) groups is 3. The Labute approximate surface area is 150 Å². The zero-order chi connectivity index (χ0) is 18.8. The molecule has 2 aliphatic heterocycles. The van der Waals surface area contributed by atoms with Crippen molar-refractivity contribution in [2.24, 2.45) is 5.92 Å². The molecule has 1 N–H and O–H groups in total. The van der Waals surface area contributed by atoms with Crippen LogP contribution in [0.4, 0.5) is 4.79 Å². The van der Waals surface area contributed by atoms with Crippen LogP contribution in [0.15, 0.2) is 24.3 Å². The predicted octanol–water partition coefficient (Wildman–Crippen LogP) is 0.978. The summed E-state index contributed by atoms with van der Waals surface area (Å²) in [6.07, 6.45) is 0.611. The number of urea groups is 1. The summed E-state index contributed by atoms with van der Waals surface area (Å²) in [5, 5.41) is 12.7. The fraction of sp³-hybridized carbons (Fsp3) is 0.421. The zero-order valence-corrected chi connectivity index (χ0v) is 14.9. The first-order chi connectivity index (χ1) is 12.3. The molecule has 1 aromatic carbocycles. The fourth-order valence-electron chi connectivity index (χ4n) is 4.34. The molecule has 3 heterocycles. The summed E-state index contributed by atoms with van der Waals surface area (Å²) < 4.78 is 0. The van der Waals surface area contributed by atoms with Crippen molar-refractivity contribution in [3.63, 3.8) is 0 Å². The summed E-state index contributed by atoms with van der Waals surface area (Å²) in [6.45, 7) is 5.38. The Hall–Kier alpha value is -2.83. The number of imide groups is 1. The molecule has 0 aliphatic carbocycles. The number of fused-ring (bicyclic) bond motifs is 5. The molecule has 0 saturated carbocycles. The highest BCUT2D eigenvalue weighted by Crippen LogP contribution is 2.44. The van der Waals surface area contributed by atoms with Crippen molar-refractivity contribution in [1.82, 2.24) is 14.8 Å². The van der Waals surface area contributed by atoms with Crippen LogP contribution in [0.3, 0.4) is 0 Å². The van der Waals surface area contributed by atoms with Crippen LogP contribution in [0.2, 0.25) is 0 Å². The minimum absolute atomic E-state index is 0.365. The van der Waals surface area contributed by atoms with E-state index in [0.29, 0.717) is 18.7 Å². The van der Waals surface area contributed by atoms with Gasteiger partial charge in [-0.15, -0.1) is 0 Å². The lowest BCUT2D eigenvalue weighted by molar-refractivity contribution is -0.311. The molecule has 0 bridgehead atoms. The number of hydrogen-bond donors (Lipinski definition) is 1. The number of nitrogens with one attached hydrogen (secondary N) is 1. The lowest BCUT2D eigenvalue weighted by Gasteiger charge is -2.36. The maximum atomic E-state index is 13.3. The molecule has 26 heavy (non-hydrogen) atoms. The fourth-order valence-corrected chi connectivity index (χ4v) is 4.34. The standard InChI is InChI=1S/C19H21N3O4/c1-10(2)14(16(23)24)22-17(25)19(3)15-12(8-9-21(19)18(22)26)11-6-4-5-7-13(11)20-15/h4-7,10,14,20H,8-9H2,1-3H3,(H,23,24)/p-1/t14-,19+/m0/s1. The quantitative estimate of drug-likeness (QED) is 0.831. The third-order valence-corrected chi connectivity index (χ3v) is 5.65. The van der Waals surface area contributed by atoms with E-state index in [1.54, 1.807) is 20.8 Å². The van der Waals surface area contributed by atoms with Gasteiger partial charge in [0.05, 0.1) is 17.7 Å². The van der Waals surface area contributed by atoms with Crippen molar-refractivity contribution in [3.05, 3.63) is 35.5 Å². The van der Waals surface area contributed by atoms with E-state index in [2.05, 4.69) is 4.98 Å². The van der Waals surface area contributed by atoms with E-state index < -0.39 is 35.4 Å². The van der Waals surface area contributed by atoms with Crippen LogP contribution in [-0.2, 0) is 21.5 Å². The maximum absolute atomic E-state index is 13.3. The van der Waals surface area contributed by atoms with E-state index in [-0.39, 0.29) is 0 Å². The molecule has 7 heteroatoms. The number of carbonyl (C=O) groups excluding carboxylic acids is 3. The van der Waals surface area contributed by atoms with Crippen molar-refractivity contribution >= 4 is 28.8 Å². The average molecular weight is 354 g/mol. The van der Waals surface area contributed by atoms with Gasteiger partial charge < -0.3 is 19.8 Å². The van der Waals surface area contributed by atoms with Crippen LogP contribution in [0.5, 0.6) is 0 Å². The Kier molecular flexibility index (Phi) is 3.41. The van der Waals surface area contributed by atoms with E-state index in [1.807, 2.05) is 24.3 Å². The number of nitrogens with zero attached hydrogens (tertiary/aromatic N) is 2. The first kappa shape index (κ1) is 16.6. The summed E-state index contributed by atoms with van der Waals surface area (Å²) in [5.41, 5.74) is 1.36. The minimum Gasteiger partial charge on any atom is -0.548 e. The summed E-state index contributed by atoms with van der Waals surface area (Å²) in [6, 6.07) is 5.90. The van der Waals surface area contributed by atoms with E-state index in [0.717, 1.165) is 21.4 Å². The SMILES string of the molecule is CC(C)[C@@H](C(=O)[O-])N1C(=O)N2CCc3c([nH]c4ccccc34)[C@]2(C)C1=O. The highest BCUT2D eigenvalue weighted by atomic mass is 16.4. The van der Waals surface area contributed by atoms with Crippen LogP contribution in [0.25, 0.3) is 10.9 Å². The van der Waals surface area contributed by atoms with E-state index in [4.69, 9.17) is 0 Å². The molecule has 0 spiro atoms. The molecule has 1 aromatic heterocycles. The van der Waals surface area contributed by atoms with E-state index in [9.17, 15) is 19.5 Å². The average Bonchev–Trinajstić information content (AvgIpc) is 3.05. The van der Waals surface area contributed by atoms with Gasteiger partial charge in [-0.1, -0.05) is 32.0 Å². The van der Waals surface area contributed by atoms with Gasteiger partial charge in [0.2, 0.25) is 0 Å². The molecular weight excluding hydrogens is 334 g/mol. The molecule has 136 valence electrons. The van der Waals surface area contributed by atoms with Gasteiger partial charge in [0.15, 0.2) is 5.54 Å². The van der Waals surface area contributed by atoms with Gasteiger partial charge in [-0.3, -0.25) is 9.69 Å². The Morgan fingerprint density at radius 1 is 1.27 bits per heavy atom. The first-order valence-electron chi connectivity index (χ1n) is 8.74. The van der Waals surface area contributed by atoms with E-state index in [1.165, 1.54) is 4.90 Å². The molecule has 3 amide bonds. The number of aliphatic carboxylic acids is 1. The number of benzene rings is 1. The molecule has 0 unspecified atom stereocenters. The number of aromatic amines is 1. The Bertz CT molecular complexity index is 947. The number of rotatable bonds is 3. The third-order valence-electron chi connectivity index (χ3n) is 5.65. The topological polar surface area (TPSA) is 96.5 Å². The summed E-state index contributed by atoms with van der Waals surface area (Å²) in [7, 11) is 0. The Balaban J connectivity index is 1.89. The number of para-hydroxylation sites is 1. The van der Waals surface area contributed by atoms with Crippen molar-refractivity contribution in [2.45, 2.75) is 38.8 Å². The number of aromatic nitrogens is 1. The monoisotopic (exact) mass is 354 g/mol. The smallest absolute Gasteiger partial charge is 0.328 e. The third kappa shape index (κ3) is 1.91. The second-order valence-corrected chi connectivity index (χ2v) is 7.46. The van der Waals surface area contributed by atoms with Gasteiger partial charge in [0.1, 0.15) is 0 Å². The molecule has 7 nitrogen and oxygen atoms in total. The van der Waals surface area contributed by atoms with Gasteiger partial charge in [0.25, 0.3) is 5.91 Å². The van der Waals surface area contributed by atoms with Crippen LogP contribution in [0.1, 0.15) is 32.0 Å². The summed E-state index contributed by atoms with van der Waals surface area (Å²) in [5.74, 6) is -2.38. The Morgan fingerprint density at radius 3 is 2.62 bits per heavy atom. The number of carboxylic acid groups (broad SMARTS) is 1. The Morgan fingerprint density at radius 2 is 1.96 bits per heavy atom. The normalized spacial score (nSPS) is 23.5. The predicted molar refractivity (Wildman–Crippen MR) is 91.9 cm³/mol. The largest absolute Gasteiger partial charge is 0.548 e. The molecule has 1 saturated heterocycles. The van der Waals surface area contributed by atoms with Crippen molar-refractivity contribution in [2.75, 3.05) is 6.54 Å². The van der Waals surface area contributed by atoms with Crippen LogP contribution >= 0.6 is 0 Å². The van der Waals surface area contributed by atoms with Gasteiger partial charge in [-0.05, 0) is 30.9 Å². The van der Waals surface area contributed by atoms with Crippen LogP contribution in [-0.4, -0.2) is 45.3 Å². The summed E-state index contributed by atoms with van der Waals surface area (Å²) >= 11 is 0. The highest BCUT2D eigenvalue weighted by Gasteiger charge is 2.60. The zero-order valence-electron chi connectivity index (χ0n) is 14.9. The molecular formula is C19H20N3O4-. The number of H-pyrrole nitrogens is 1. The second kappa shape index (κ2) is 5.33. The molecule has 2 aliphatic rings. The lowest BCUT2D eigenvalue weighted by Crippen LogP contribution is -2.54. The van der Waals surface area contributed by atoms with Crippen LogP contribution < -0.4 is 5.11 Å².